The van der Waals surface area contributed by atoms with E-state index >= 15 is 0 Å². The third kappa shape index (κ3) is 7.97. The summed E-state index contributed by atoms with van der Waals surface area (Å²) in [4.78, 5) is 1.28. The van der Waals surface area contributed by atoms with Crippen LogP contribution < -0.4 is 5.32 Å². The van der Waals surface area contributed by atoms with Gasteiger partial charge in [-0.15, -0.1) is 11.3 Å². The molecule has 20 heavy (non-hydrogen) atoms. The van der Waals surface area contributed by atoms with Crippen LogP contribution in [-0.2, 0) is 9.47 Å². The molecule has 1 rings (SSSR count). The minimum atomic E-state index is -0.479. The number of hydrogen-bond acceptors (Lipinski definition) is 5. The van der Waals surface area contributed by atoms with Crippen LogP contribution >= 0.6 is 11.3 Å². The number of hydrogen-bond donors (Lipinski definition) is 2. The largest absolute Gasteiger partial charge is 0.389 e. The van der Waals surface area contributed by atoms with Crippen LogP contribution in [0.1, 0.15) is 37.6 Å². The molecule has 0 aliphatic rings. The number of aliphatic hydroxyl groups excluding tert-OH is 1. The summed E-state index contributed by atoms with van der Waals surface area (Å²) in [5.41, 5.74) is 0. The van der Waals surface area contributed by atoms with Gasteiger partial charge in [-0.2, -0.15) is 0 Å². The molecule has 0 aromatic carbocycles. The van der Waals surface area contributed by atoms with Crippen LogP contribution in [0.4, 0.5) is 0 Å². The molecule has 4 nitrogen and oxygen atoms in total. The third-order valence-corrected chi connectivity index (χ3v) is 4.01. The number of nitrogens with one attached hydrogen (secondary N) is 1. The molecule has 0 radical (unpaired) electrons. The Balaban J connectivity index is 1.96. The van der Waals surface area contributed by atoms with Gasteiger partial charge in [-0.05, 0) is 24.8 Å². The van der Waals surface area contributed by atoms with Crippen molar-refractivity contribution in [3.8, 4) is 0 Å². The first kappa shape index (κ1) is 17.6. The molecule has 116 valence electrons. The third-order valence-electron chi connectivity index (χ3n) is 2.95. The van der Waals surface area contributed by atoms with Crippen LogP contribution in [0.15, 0.2) is 17.5 Å². The number of thiophene rings is 1. The molecule has 2 N–H and O–H groups in total. The van der Waals surface area contributed by atoms with Crippen molar-refractivity contribution in [3.05, 3.63) is 22.4 Å². The Labute approximate surface area is 126 Å². The molecule has 0 saturated heterocycles. The summed E-state index contributed by atoms with van der Waals surface area (Å²) in [6, 6.07) is 4.40. The zero-order valence-corrected chi connectivity index (χ0v) is 13.3. The van der Waals surface area contributed by atoms with Crippen molar-refractivity contribution < 1.29 is 14.6 Å². The van der Waals surface area contributed by atoms with Gasteiger partial charge in [-0.25, -0.2) is 0 Å². The predicted molar refractivity (Wildman–Crippen MR) is 83.3 cm³/mol. The van der Waals surface area contributed by atoms with Crippen molar-refractivity contribution in [3.63, 3.8) is 0 Å². The maximum atomic E-state index is 9.81. The second kappa shape index (κ2) is 11.2. The highest BCUT2D eigenvalue weighted by Crippen LogP contribution is 2.17. The SMILES string of the molecule is CCCCOCCOCC(O)CN[C@H](C)c1cccs1. The van der Waals surface area contributed by atoms with E-state index in [4.69, 9.17) is 9.47 Å². The topological polar surface area (TPSA) is 50.7 Å². The lowest BCUT2D eigenvalue weighted by Crippen LogP contribution is -2.32. The zero-order chi connectivity index (χ0) is 14.6. The van der Waals surface area contributed by atoms with E-state index in [-0.39, 0.29) is 6.04 Å². The highest BCUT2D eigenvalue weighted by Gasteiger charge is 2.09. The van der Waals surface area contributed by atoms with Gasteiger partial charge in [0.15, 0.2) is 0 Å². The Morgan fingerprint density at radius 2 is 2.10 bits per heavy atom. The lowest BCUT2D eigenvalue weighted by Gasteiger charge is -2.16. The highest BCUT2D eigenvalue weighted by molar-refractivity contribution is 7.10. The normalized spacial score (nSPS) is 14.3. The molecule has 2 atom stereocenters. The smallest absolute Gasteiger partial charge is 0.0897 e. The molecule has 5 heteroatoms. The molecule has 0 spiro atoms. The van der Waals surface area contributed by atoms with Crippen LogP contribution in [0.2, 0.25) is 0 Å². The maximum Gasteiger partial charge on any atom is 0.0897 e. The molecular weight excluding hydrogens is 274 g/mol. The summed E-state index contributed by atoms with van der Waals surface area (Å²) < 4.78 is 10.8. The van der Waals surface area contributed by atoms with Crippen LogP contribution in [-0.4, -0.2) is 44.2 Å². The first-order chi connectivity index (χ1) is 9.74. The van der Waals surface area contributed by atoms with Gasteiger partial charge in [-0.3, -0.25) is 0 Å². The fraction of sp³-hybridized carbons (Fsp3) is 0.733. The van der Waals surface area contributed by atoms with Gasteiger partial charge in [0.1, 0.15) is 0 Å². The first-order valence-electron chi connectivity index (χ1n) is 7.34. The Kier molecular flexibility index (Phi) is 9.87. The van der Waals surface area contributed by atoms with Crippen molar-refractivity contribution in [1.29, 1.82) is 0 Å². The lowest BCUT2D eigenvalue weighted by atomic mass is 10.2. The quantitative estimate of drug-likeness (QED) is 0.583. The molecule has 1 aromatic rings. The number of unbranched alkanes of at least 4 members (excludes halogenated alkanes) is 1. The Morgan fingerprint density at radius 1 is 1.30 bits per heavy atom. The maximum absolute atomic E-state index is 9.81. The van der Waals surface area contributed by atoms with E-state index in [1.807, 2.05) is 6.07 Å². The van der Waals surface area contributed by atoms with Crippen molar-refractivity contribution in [2.24, 2.45) is 0 Å². The summed E-state index contributed by atoms with van der Waals surface area (Å²) in [6.07, 6.45) is 1.76. The Morgan fingerprint density at radius 3 is 2.80 bits per heavy atom. The Bertz CT molecular complexity index is 319. The summed E-state index contributed by atoms with van der Waals surface area (Å²) in [7, 11) is 0. The molecule has 1 unspecified atom stereocenters. The molecule has 0 fully saturated rings. The molecule has 0 aliphatic heterocycles. The van der Waals surface area contributed by atoms with E-state index in [9.17, 15) is 5.11 Å². The van der Waals surface area contributed by atoms with Crippen molar-refractivity contribution in [2.75, 3.05) is 33.0 Å². The summed E-state index contributed by atoms with van der Waals surface area (Å²) in [6.45, 7) is 7.06. The van der Waals surface area contributed by atoms with E-state index in [1.54, 1.807) is 11.3 Å². The monoisotopic (exact) mass is 301 g/mol. The molecule has 0 bridgehead atoms. The van der Waals surface area contributed by atoms with E-state index in [1.165, 1.54) is 4.88 Å². The fourth-order valence-corrected chi connectivity index (χ4v) is 2.45. The number of ether oxygens (including phenoxy) is 2. The predicted octanol–water partition coefficient (Wildman–Crippen LogP) is 2.59. The number of aliphatic hydroxyl groups is 1. The molecule has 1 heterocycles. The van der Waals surface area contributed by atoms with Crippen molar-refractivity contribution in [2.45, 2.75) is 38.8 Å². The minimum absolute atomic E-state index is 0.266. The second-order valence-corrected chi connectivity index (χ2v) is 5.82. The van der Waals surface area contributed by atoms with Crippen LogP contribution in [0.3, 0.4) is 0 Å². The van der Waals surface area contributed by atoms with E-state index in [0.717, 1.165) is 19.4 Å². The standard InChI is InChI=1S/C15H27NO3S/c1-3-4-7-18-8-9-19-12-14(17)11-16-13(2)15-6-5-10-20-15/h5-6,10,13-14,16-17H,3-4,7-9,11-12H2,1-2H3/t13-,14?/m1/s1. The van der Waals surface area contributed by atoms with Crippen LogP contribution in [0.5, 0.6) is 0 Å². The summed E-state index contributed by atoms with van der Waals surface area (Å²) >= 11 is 1.72. The van der Waals surface area contributed by atoms with Crippen LogP contribution in [0.25, 0.3) is 0 Å². The fourth-order valence-electron chi connectivity index (χ4n) is 1.70. The average Bonchev–Trinajstić information content (AvgIpc) is 2.98. The zero-order valence-electron chi connectivity index (χ0n) is 12.5. The van der Waals surface area contributed by atoms with Gasteiger partial charge >= 0.3 is 0 Å². The van der Waals surface area contributed by atoms with Gasteiger partial charge in [0.05, 0.1) is 25.9 Å². The summed E-state index contributed by atoms with van der Waals surface area (Å²) in [5, 5.41) is 15.2. The molecule has 0 aliphatic carbocycles. The van der Waals surface area contributed by atoms with Gasteiger partial charge < -0.3 is 19.9 Å². The number of rotatable bonds is 12. The molecule has 1 aromatic heterocycles. The molecular formula is C15H27NO3S. The molecule has 0 saturated carbocycles. The van der Waals surface area contributed by atoms with Gasteiger partial charge in [-0.1, -0.05) is 19.4 Å². The Hall–Kier alpha value is -0.460. The minimum Gasteiger partial charge on any atom is -0.389 e. The van der Waals surface area contributed by atoms with Gasteiger partial charge in [0.2, 0.25) is 0 Å². The summed E-state index contributed by atoms with van der Waals surface area (Å²) in [5.74, 6) is 0. The van der Waals surface area contributed by atoms with E-state index in [2.05, 4.69) is 30.6 Å². The van der Waals surface area contributed by atoms with Crippen LogP contribution in [0, 0.1) is 0 Å². The average molecular weight is 301 g/mol. The first-order valence-corrected chi connectivity index (χ1v) is 8.22. The molecule has 0 amide bonds. The van der Waals surface area contributed by atoms with Gasteiger partial charge in [0.25, 0.3) is 0 Å². The van der Waals surface area contributed by atoms with Crippen molar-refractivity contribution in [1.82, 2.24) is 5.32 Å². The van der Waals surface area contributed by atoms with E-state index in [0.29, 0.717) is 26.4 Å². The lowest BCUT2D eigenvalue weighted by molar-refractivity contribution is 0.00334. The van der Waals surface area contributed by atoms with Gasteiger partial charge in [0, 0.05) is 24.1 Å². The van der Waals surface area contributed by atoms with E-state index < -0.39 is 6.10 Å². The highest BCUT2D eigenvalue weighted by atomic mass is 32.1. The second-order valence-electron chi connectivity index (χ2n) is 4.84. The van der Waals surface area contributed by atoms with Crippen molar-refractivity contribution >= 4 is 11.3 Å².